The first-order valence-electron chi connectivity index (χ1n) is 8.51. The van der Waals surface area contributed by atoms with Gasteiger partial charge in [0, 0.05) is 6.54 Å². The van der Waals surface area contributed by atoms with E-state index in [0.717, 1.165) is 25.7 Å². The van der Waals surface area contributed by atoms with Crippen LogP contribution >= 0.6 is 0 Å². The minimum Gasteiger partial charge on any atom is -0.465 e. The molecule has 2 aliphatic rings. The summed E-state index contributed by atoms with van der Waals surface area (Å²) in [5.41, 5.74) is 0.795. The third-order valence-electron chi connectivity index (χ3n) is 4.95. The molecule has 1 heterocycles. The van der Waals surface area contributed by atoms with Crippen LogP contribution < -0.4 is 5.32 Å². The largest absolute Gasteiger partial charge is 0.465 e. The van der Waals surface area contributed by atoms with E-state index >= 15 is 0 Å². The third-order valence-corrected chi connectivity index (χ3v) is 4.95. The number of nitrogens with one attached hydrogen (secondary N) is 1. The molecular weight excluding hydrogens is 308 g/mol. The maximum absolute atomic E-state index is 12.5. The normalized spacial score (nSPS) is 19.2. The number of nitrogens with zero attached hydrogens (tertiary/aromatic N) is 1. The molecule has 1 aromatic carbocycles. The molecule has 1 aliphatic heterocycles. The molecule has 128 valence electrons. The summed E-state index contributed by atoms with van der Waals surface area (Å²) < 4.78 is 0. The Morgan fingerprint density at radius 1 is 1.12 bits per heavy atom. The molecule has 0 aromatic heterocycles. The summed E-state index contributed by atoms with van der Waals surface area (Å²) in [6.07, 6.45) is 5.27. The zero-order chi connectivity index (χ0) is 17.1. The Kier molecular flexibility index (Phi) is 4.83. The molecule has 2 N–H and O–H groups in total. The highest BCUT2D eigenvalue weighted by atomic mass is 16.4. The molecule has 1 saturated carbocycles. The lowest BCUT2D eigenvalue weighted by Crippen LogP contribution is -2.46. The van der Waals surface area contributed by atoms with Gasteiger partial charge < -0.3 is 10.4 Å². The van der Waals surface area contributed by atoms with Gasteiger partial charge in [0.2, 0.25) is 0 Å². The van der Waals surface area contributed by atoms with Gasteiger partial charge >= 0.3 is 6.09 Å². The molecule has 0 unspecified atom stereocenters. The molecular formula is C18H22N2O4. The van der Waals surface area contributed by atoms with Crippen molar-refractivity contribution in [3.63, 3.8) is 0 Å². The van der Waals surface area contributed by atoms with E-state index in [9.17, 15) is 14.4 Å². The second-order valence-electron chi connectivity index (χ2n) is 6.65. The van der Waals surface area contributed by atoms with E-state index in [0.29, 0.717) is 23.5 Å². The van der Waals surface area contributed by atoms with Crippen molar-refractivity contribution in [2.24, 2.45) is 5.92 Å². The van der Waals surface area contributed by atoms with Gasteiger partial charge in [-0.1, -0.05) is 44.2 Å². The Hall–Kier alpha value is -2.37. The van der Waals surface area contributed by atoms with Gasteiger partial charge in [-0.15, -0.1) is 0 Å². The molecule has 1 fully saturated rings. The van der Waals surface area contributed by atoms with Crippen molar-refractivity contribution in [3.8, 4) is 0 Å². The highest BCUT2D eigenvalue weighted by Gasteiger charge is 2.37. The fraction of sp³-hybridized carbons (Fsp3) is 0.500. The maximum Gasteiger partial charge on any atom is 0.404 e. The van der Waals surface area contributed by atoms with Gasteiger partial charge in [-0.3, -0.25) is 14.5 Å². The lowest BCUT2D eigenvalue weighted by Gasteiger charge is -2.28. The van der Waals surface area contributed by atoms with Gasteiger partial charge in [-0.2, -0.15) is 0 Å². The van der Waals surface area contributed by atoms with Crippen LogP contribution in [0.25, 0.3) is 0 Å². The molecule has 3 amide bonds. The van der Waals surface area contributed by atoms with Gasteiger partial charge in [0.1, 0.15) is 0 Å². The van der Waals surface area contributed by atoms with E-state index in [1.807, 2.05) is 0 Å². The van der Waals surface area contributed by atoms with Crippen LogP contribution in [0.15, 0.2) is 24.3 Å². The molecule has 1 aromatic rings. The molecule has 0 saturated heterocycles. The molecule has 24 heavy (non-hydrogen) atoms. The van der Waals surface area contributed by atoms with Gasteiger partial charge in [0.05, 0.1) is 17.2 Å². The summed E-state index contributed by atoms with van der Waals surface area (Å²) in [7, 11) is 0. The number of imide groups is 1. The van der Waals surface area contributed by atoms with Crippen LogP contribution in [0, 0.1) is 5.92 Å². The zero-order valence-electron chi connectivity index (χ0n) is 13.5. The van der Waals surface area contributed by atoms with Crippen LogP contribution in [0.5, 0.6) is 0 Å². The van der Waals surface area contributed by atoms with Crippen LogP contribution in [-0.4, -0.2) is 40.5 Å². The fourth-order valence-electron chi connectivity index (χ4n) is 3.80. The van der Waals surface area contributed by atoms with Crippen molar-refractivity contribution < 1.29 is 19.5 Å². The second kappa shape index (κ2) is 7.03. The van der Waals surface area contributed by atoms with Crippen molar-refractivity contribution in [1.82, 2.24) is 10.2 Å². The van der Waals surface area contributed by atoms with Crippen molar-refractivity contribution in [3.05, 3.63) is 35.4 Å². The Morgan fingerprint density at radius 3 is 2.25 bits per heavy atom. The minimum absolute atomic E-state index is 0.0924. The number of fused-ring (bicyclic) bond motifs is 1. The molecule has 1 aliphatic carbocycles. The minimum atomic E-state index is -1.12. The van der Waals surface area contributed by atoms with Crippen molar-refractivity contribution in [2.75, 3.05) is 6.54 Å². The predicted molar refractivity (Wildman–Crippen MR) is 87.9 cm³/mol. The highest BCUT2D eigenvalue weighted by molar-refractivity contribution is 6.21. The van der Waals surface area contributed by atoms with Crippen LogP contribution in [0.2, 0.25) is 0 Å². The number of carbonyl (C=O) groups is 3. The average molecular weight is 330 g/mol. The Bertz CT molecular complexity index is 617. The van der Waals surface area contributed by atoms with Gasteiger partial charge in [0.15, 0.2) is 0 Å². The summed E-state index contributed by atoms with van der Waals surface area (Å²) in [5, 5.41) is 11.6. The van der Waals surface area contributed by atoms with E-state index in [-0.39, 0.29) is 18.4 Å². The smallest absolute Gasteiger partial charge is 0.404 e. The van der Waals surface area contributed by atoms with Crippen LogP contribution in [0.4, 0.5) is 4.79 Å². The van der Waals surface area contributed by atoms with E-state index < -0.39 is 12.1 Å². The second-order valence-corrected chi connectivity index (χ2v) is 6.65. The van der Waals surface area contributed by atoms with Crippen LogP contribution in [0.1, 0.15) is 59.2 Å². The summed E-state index contributed by atoms with van der Waals surface area (Å²) in [6, 6.07) is 6.30. The standard InChI is InChI=1S/C18H22N2O4/c21-16-14-8-4-5-9-15(14)17(22)20(16)11-13(19-18(23)24)10-12-6-2-1-3-7-12/h4-5,8-9,12-13,19H,1-3,6-7,10-11H2,(H,23,24)/t13-/m0/s1. The zero-order valence-corrected chi connectivity index (χ0v) is 13.5. The monoisotopic (exact) mass is 330 g/mol. The van der Waals surface area contributed by atoms with Crippen LogP contribution in [-0.2, 0) is 0 Å². The molecule has 0 bridgehead atoms. The van der Waals surface area contributed by atoms with Crippen molar-refractivity contribution in [2.45, 2.75) is 44.6 Å². The number of carbonyl (C=O) groups excluding carboxylic acids is 2. The van der Waals surface area contributed by atoms with E-state index in [1.54, 1.807) is 24.3 Å². The van der Waals surface area contributed by atoms with E-state index in [4.69, 9.17) is 5.11 Å². The average Bonchev–Trinajstić information content (AvgIpc) is 2.81. The topological polar surface area (TPSA) is 86.7 Å². The van der Waals surface area contributed by atoms with Crippen LogP contribution in [0.3, 0.4) is 0 Å². The molecule has 0 radical (unpaired) electrons. The molecule has 0 spiro atoms. The maximum atomic E-state index is 12.5. The highest BCUT2D eigenvalue weighted by Crippen LogP contribution is 2.29. The number of rotatable bonds is 5. The summed E-state index contributed by atoms with van der Waals surface area (Å²) in [6.45, 7) is 0.0924. The first kappa shape index (κ1) is 16.5. The molecule has 6 nitrogen and oxygen atoms in total. The van der Waals surface area contributed by atoms with Crippen molar-refractivity contribution in [1.29, 1.82) is 0 Å². The SMILES string of the molecule is O=C(O)N[C@@H](CC1CCCCC1)CN1C(=O)c2ccccc2C1=O. The predicted octanol–water partition coefficient (Wildman–Crippen LogP) is 2.89. The Morgan fingerprint density at radius 2 is 1.71 bits per heavy atom. The molecule has 6 heteroatoms. The fourth-order valence-corrected chi connectivity index (χ4v) is 3.80. The molecule has 3 rings (SSSR count). The van der Waals surface area contributed by atoms with Gasteiger partial charge in [-0.05, 0) is 24.5 Å². The van der Waals surface area contributed by atoms with Gasteiger partial charge in [0.25, 0.3) is 11.8 Å². The quantitative estimate of drug-likeness (QED) is 0.813. The number of carboxylic acid groups (broad SMARTS) is 1. The van der Waals surface area contributed by atoms with E-state index in [1.165, 1.54) is 11.3 Å². The van der Waals surface area contributed by atoms with E-state index in [2.05, 4.69) is 5.32 Å². The lowest BCUT2D eigenvalue weighted by atomic mass is 9.84. The molecule has 1 atom stereocenters. The Balaban J connectivity index is 1.71. The number of hydrogen-bond donors (Lipinski definition) is 2. The number of hydrogen-bond acceptors (Lipinski definition) is 3. The summed E-state index contributed by atoms with van der Waals surface area (Å²) >= 11 is 0. The number of amides is 3. The van der Waals surface area contributed by atoms with Crippen molar-refractivity contribution >= 4 is 17.9 Å². The lowest BCUT2D eigenvalue weighted by molar-refractivity contribution is 0.0628. The number of benzene rings is 1. The first-order chi connectivity index (χ1) is 11.6. The summed E-state index contributed by atoms with van der Waals surface area (Å²) in [4.78, 5) is 37.2. The van der Waals surface area contributed by atoms with Gasteiger partial charge in [-0.25, -0.2) is 4.79 Å². The summed E-state index contributed by atoms with van der Waals surface area (Å²) in [5.74, 6) is -0.223. The Labute approximate surface area is 140 Å². The third kappa shape index (κ3) is 3.42. The first-order valence-corrected chi connectivity index (χ1v) is 8.51.